The Morgan fingerprint density at radius 3 is 2.48 bits per heavy atom. The Morgan fingerprint density at radius 2 is 1.81 bits per heavy atom. The van der Waals surface area contributed by atoms with E-state index in [1.54, 1.807) is 43.5 Å². The molecule has 0 aliphatic heterocycles. The number of methoxy groups -OCH3 is 2. The van der Waals surface area contributed by atoms with Gasteiger partial charge in [-0.05, 0) is 42.0 Å². The van der Waals surface area contributed by atoms with Crippen molar-refractivity contribution in [3.05, 3.63) is 64.7 Å². The minimum atomic E-state index is -0.115. The van der Waals surface area contributed by atoms with Crippen LogP contribution >= 0.6 is 11.6 Å². The average Bonchev–Trinajstić information content (AvgIpc) is 2.52. The second kappa shape index (κ2) is 6.95. The third kappa shape index (κ3) is 3.86. The average molecular weight is 303 g/mol. The molecular formula is C17H15ClO3. The highest BCUT2D eigenvalue weighted by molar-refractivity contribution is 6.30. The molecule has 0 heterocycles. The van der Waals surface area contributed by atoms with Crippen molar-refractivity contribution in [2.45, 2.75) is 0 Å². The van der Waals surface area contributed by atoms with E-state index < -0.39 is 0 Å². The Hall–Kier alpha value is -2.26. The van der Waals surface area contributed by atoms with E-state index in [1.807, 2.05) is 12.1 Å². The van der Waals surface area contributed by atoms with Gasteiger partial charge in [0.15, 0.2) is 17.3 Å². The molecule has 0 aliphatic rings. The van der Waals surface area contributed by atoms with Crippen LogP contribution in [0.2, 0.25) is 5.02 Å². The molecule has 2 aromatic carbocycles. The van der Waals surface area contributed by atoms with Crippen LogP contribution in [0.1, 0.15) is 15.9 Å². The van der Waals surface area contributed by atoms with E-state index in [-0.39, 0.29) is 5.78 Å². The quantitative estimate of drug-likeness (QED) is 0.612. The maximum absolute atomic E-state index is 12.2. The Labute approximate surface area is 128 Å². The highest BCUT2D eigenvalue weighted by Crippen LogP contribution is 2.27. The fourth-order valence-electron chi connectivity index (χ4n) is 1.87. The molecule has 108 valence electrons. The molecule has 0 aromatic heterocycles. The van der Waals surface area contributed by atoms with E-state index in [1.165, 1.54) is 13.2 Å². The minimum Gasteiger partial charge on any atom is -0.493 e. The van der Waals surface area contributed by atoms with Crippen molar-refractivity contribution in [2.75, 3.05) is 14.2 Å². The summed E-state index contributed by atoms with van der Waals surface area (Å²) in [5.41, 5.74) is 1.40. The summed E-state index contributed by atoms with van der Waals surface area (Å²) in [6.45, 7) is 0. The Morgan fingerprint density at radius 1 is 1.05 bits per heavy atom. The summed E-state index contributed by atoms with van der Waals surface area (Å²) in [6.07, 6.45) is 3.23. The first kappa shape index (κ1) is 15.1. The largest absolute Gasteiger partial charge is 0.493 e. The maximum atomic E-state index is 12.2. The first-order valence-corrected chi connectivity index (χ1v) is 6.72. The molecule has 0 aliphatic carbocycles. The van der Waals surface area contributed by atoms with E-state index in [4.69, 9.17) is 21.1 Å². The van der Waals surface area contributed by atoms with Gasteiger partial charge < -0.3 is 9.47 Å². The Bertz CT molecular complexity index is 677. The molecule has 0 saturated carbocycles. The molecule has 21 heavy (non-hydrogen) atoms. The number of hydrogen-bond acceptors (Lipinski definition) is 3. The third-order valence-electron chi connectivity index (χ3n) is 2.94. The Balaban J connectivity index is 2.20. The molecule has 0 N–H and O–H groups in total. The number of halogens is 1. The molecular weight excluding hydrogens is 288 g/mol. The van der Waals surface area contributed by atoms with E-state index in [0.29, 0.717) is 22.1 Å². The molecule has 0 bridgehead atoms. The van der Waals surface area contributed by atoms with Crippen molar-refractivity contribution < 1.29 is 14.3 Å². The summed E-state index contributed by atoms with van der Waals surface area (Å²) in [7, 11) is 3.09. The lowest BCUT2D eigenvalue weighted by molar-refractivity contribution is 0.104. The summed E-state index contributed by atoms with van der Waals surface area (Å²) in [6, 6.07) is 12.4. The summed E-state index contributed by atoms with van der Waals surface area (Å²) in [4.78, 5) is 12.2. The molecule has 0 saturated heterocycles. The van der Waals surface area contributed by atoms with Crippen LogP contribution in [0.15, 0.2) is 48.5 Å². The van der Waals surface area contributed by atoms with Crippen molar-refractivity contribution in [1.29, 1.82) is 0 Å². The van der Waals surface area contributed by atoms with Crippen LogP contribution < -0.4 is 9.47 Å². The van der Waals surface area contributed by atoms with Crippen LogP contribution in [0.4, 0.5) is 0 Å². The number of benzene rings is 2. The van der Waals surface area contributed by atoms with Gasteiger partial charge in [-0.1, -0.05) is 29.8 Å². The SMILES string of the molecule is COc1ccc(C(=O)/C=C/c2cccc(Cl)c2)cc1OC. The zero-order valence-electron chi connectivity index (χ0n) is 11.8. The van der Waals surface area contributed by atoms with Gasteiger partial charge in [0.05, 0.1) is 14.2 Å². The summed E-state index contributed by atoms with van der Waals surface area (Å²) in [5, 5.41) is 0.635. The predicted molar refractivity (Wildman–Crippen MR) is 84.4 cm³/mol. The van der Waals surface area contributed by atoms with Crippen LogP contribution in [0.25, 0.3) is 6.08 Å². The molecule has 2 rings (SSSR count). The fraction of sp³-hybridized carbons (Fsp3) is 0.118. The van der Waals surface area contributed by atoms with Crippen molar-refractivity contribution in [3.8, 4) is 11.5 Å². The molecule has 0 amide bonds. The molecule has 0 unspecified atom stereocenters. The lowest BCUT2D eigenvalue weighted by Gasteiger charge is -2.07. The number of hydrogen-bond donors (Lipinski definition) is 0. The van der Waals surface area contributed by atoms with Crippen LogP contribution in [0.3, 0.4) is 0 Å². The van der Waals surface area contributed by atoms with Gasteiger partial charge in [0.1, 0.15) is 0 Å². The van der Waals surface area contributed by atoms with Crippen LogP contribution in [-0.4, -0.2) is 20.0 Å². The lowest BCUT2D eigenvalue weighted by Crippen LogP contribution is -1.97. The summed E-state index contributed by atoms with van der Waals surface area (Å²) in [5.74, 6) is 1.00. The molecule has 0 fully saturated rings. The van der Waals surface area contributed by atoms with E-state index in [9.17, 15) is 4.79 Å². The van der Waals surface area contributed by atoms with Gasteiger partial charge in [0.2, 0.25) is 0 Å². The smallest absolute Gasteiger partial charge is 0.185 e. The zero-order valence-corrected chi connectivity index (χ0v) is 12.6. The van der Waals surface area contributed by atoms with Gasteiger partial charge in [-0.15, -0.1) is 0 Å². The monoisotopic (exact) mass is 302 g/mol. The number of allylic oxidation sites excluding steroid dienone is 1. The minimum absolute atomic E-state index is 0.115. The summed E-state index contributed by atoms with van der Waals surface area (Å²) < 4.78 is 10.3. The van der Waals surface area contributed by atoms with Crippen LogP contribution in [0, 0.1) is 0 Å². The van der Waals surface area contributed by atoms with Gasteiger partial charge in [0.25, 0.3) is 0 Å². The van der Waals surface area contributed by atoms with Crippen molar-refractivity contribution in [2.24, 2.45) is 0 Å². The predicted octanol–water partition coefficient (Wildman–Crippen LogP) is 4.25. The second-order valence-electron chi connectivity index (χ2n) is 4.32. The van der Waals surface area contributed by atoms with Gasteiger partial charge in [-0.2, -0.15) is 0 Å². The molecule has 2 aromatic rings. The van der Waals surface area contributed by atoms with Gasteiger partial charge >= 0.3 is 0 Å². The van der Waals surface area contributed by atoms with E-state index in [0.717, 1.165) is 5.56 Å². The number of rotatable bonds is 5. The van der Waals surface area contributed by atoms with Crippen molar-refractivity contribution in [3.63, 3.8) is 0 Å². The van der Waals surface area contributed by atoms with Gasteiger partial charge in [0, 0.05) is 10.6 Å². The molecule has 4 heteroatoms. The van der Waals surface area contributed by atoms with Crippen LogP contribution in [-0.2, 0) is 0 Å². The van der Waals surface area contributed by atoms with Crippen molar-refractivity contribution >= 4 is 23.5 Å². The summed E-state index contributed by atoms with van der Waals surface area (Å²) >= 11 is 5.90. The molecule has 3 nitrogen and oxygen atoms in total. The van der Waals surface area contributed by atoms with Gasteiger partial charge in [-0.3, -0.25) is 4.79 Å². The van der Waals surface area contributed by atoms with Gasteiger partial charge in [-0.25, -0.2) is 0 Å². The Kier molecular flexibility index (Phi) is 5.01. The lowest BCUT2D eigenvalue weighted by atomic mass is 10.1. The van der Waals surface area contributed by atoms with E-state index >= 15 is 0 Å². The zero-order chi connectivity index (χ0) is 15.2. The molecule has 0 radical (unpaired) electrons. The number of carbonyl (C=O) groups excluding carboxylic acids is 1. The number of ketones is 1. The first-order chi connectivity index (χ1) is 10.1. The topological polar surface area (TPSA) is 35.5 Å². The van der Waals surface area contributed by atoms with Crippen molar-refractivity contribution in [1.82, 2.24) is 0 Å². The molecule has 0 atom stereocenters. The molecule has 0 spiro atoms. The fourth-order valence-corrected chi connectivity index (χ4v) is 2.07. The maximum Gasteiger partial charge on any atom is 0.185 e. The number of carbonyl (C=O) groups is 1. The third-order valence-corrected chi connectivity index (χ3v) is 3.18. The number of ether oxygens (including phenoxy) is 2. The highest BCUT2D eigenvalue weighted by Gasteiger charge is 2.08. The van der Waals surface area contributed by atoms with Crippen LogP contribution in [0.5, 0.6) is 11.5 Å². The van der Waals surface area contributed by atoms with E-state index in [2.05, 4.69) is 0 Å². The first-order valence-electron chi connectivity index (χ1n) is 6.34. The normalized spacial score (nSPS) is 10.6. The standard InChI is InChI=1S/C17H15ClO3/c1-20-16-9-7-13(11-17(16)21-2)15(19)8-6-12-4-3-5-14(18)10-12/h3-11H,1-2H3/b8-6+. The highest BCUT2D eigenvalue weighted by atomic mass is 35.5. The second-order valence-corrected chi connectivity index (χ2v) is 4.76.